The summed E-state index contributed by atoms with van der Waals surface area (Å²) in [6.07, 6.45) is 7.63. The number of rotatable bonds is 4. The summed E-state index contributed by atoms with van der Waals surface area (Å²) in [6.45, 7) is 6.87. The highest BCUT2D eigenvalue weighted by molar-refractivity contribution is 5.70. The van der Waals surface area contributed by atoms with Crippen molar-refractivity contribution in [2.45, 2.75) is 45.2 Å². The quantitative estimate of drug-likeness (QED) is 0.908. The summed E-state index contributed by atoms with van der Waals surface area (Å²) < 4.78 is 0. The van der Waals surface area contributed by atoms with Crippen molar-refractivity contribution in [1.82, 2.24) is 19.8 Å². The molecule has 1 aromatic heterocycles. The maximum atomic E-state index is 11.0. The van der Waals surface area contributed by atoms with Gasteiger partial charge in [-0.1, -0.05) is 0 Å². The fourth-order valence-corrected chi connectivity index (χ4v) is 3.68. The first-order chi connectivity index (χ1) is 11.1. The minimum absolute atomic E-state index is 0.133. The highest BCUT2D eigenvalue weighted by Gasteiger charge is 2.30. The molecule has 23 heavy (non-hydrogen) atoms. The van der Waals surface area contributed by atoms with Crippen LogP contribution < -0.4 is 0 Å². The number of carbonyl (C=O) groups is 1. The van der Waals surface area contributed by atoms with Gasteiger partial charge in [0.05, 0.1) is 17.3 Å². The molecule has 2 saturated heterocycles. The molecule has 0 unspecified atom stereocenters. The summed E-state index contributed by atoms with van der Waals surface area (Å²) in [6, 6.07) is 0.616. The normalized spacial score (nSPS) is 22.3. The number of nitrogens with zero attached hydrogens (tertiary/aromatic N) is 4. The van der Waals surface area contributed by atoms with Crippen LogP contribution >= 0.6 is 0 Å². The molecule has 6 nitrogen and oxygen atoms in total. The predicted molar refractivity (Wildman–Crippen MR) is 87.0 cm³/mol. The van der Waals surface area contributed by atoms with Crippen LogP contribution in [0.5, 0.6) is 0 Å². The van der Waals surface area contributed by atoms with Crippen LogP contribution in [0.15, 0.2) is 12.4 Å². The summed E-state index contributed by atoms with van der Waals surface area (Å²) in [5, 5.41) is 9.09. The van der Waals surface area contributed by atoms with Crippen LogP contribution in [0.2, 0.25) is 0 Å². The Balaban J connectivity index is 1.43. The second-order valence-corrected chi connectivity index (χ2v) is 6.80. The average molecular weight is 318 g/mol. The van der Waals surface area contributed by atoms with E-state index in [1.807, 2.05) is 19.3 Å². The van der Waals surface area contributed by atoms with Crippen LogP contribution in [0.1, 0.15) is 37.1 Å². The van der Waals surface area contributed by atoms with E-state index in [1.165, 1.54) is 0 Å². The molecule has 0 radical (unpaired) electrons. The number of carboxylic acid groups (broad SMARTS) is 1. The zero-order chi connectivity index (χ0) is 16.2. The monoisotopic (exact) mass is 318 g/mol. The van der Waals surface area contributed by atoms with E-state index in [0.717, 1.165) is 69.8 Å². The zero-order valence-corrected chi connectivity index (χ0v) is 13.8. The van der Waals surface area contributed by atoms with E-state index < -0.39 is 5.97 Å². The molecule has 1 N–H and O–H groups in total. The first kappa shape index (κ1) is 16.3. The van der Waals surface area contributed by atoms with Crippen molar-refractivity contribution >= 4 is 5.97 Å². The minimum Gasteiger partial charge on any atom is -0.481 e. The summed E-state index contributed by atoms with van der Waals surface area (Å²) >= 11 is 0. The predicted octanol–water partition coefficient (Wildman–Crippen LogP) is 1.55. The van der Waals surface area contributed by atoms with E-state index in [1.54, 1.807) is 0 Å². The van der Waals surface area contributed by atoms with Crippen LogP contribution in [0.25, 0.3) is 0 Å². The molecule has 0 saturated carbocycles. The third-order valence-electron chi connectivity index (χ3n) is 5.17. The third kappa shape index (κ3) is 4.26. The van der Waals surface area contributed by atoms with Crippen molar-refractivity contribution in [3.63, 3.8) is 0 Å². The van der Waals surface area contributed by atoms with Crippen LogP contribution in [-0.2, 0) is 11.3 Å². The molecule has 2 aliphatic rings. The van der Waals surface area contributed by atoms with E-state index >= 15 is 0 Å². The van der Waals surface area contributed by atoms with E-state index in [4.69, 9.17) is 5.11 Å². The van der Waals surface area contributed by atoms with Gasteiger partial charge in [-0.3, -0.25) is 19.7 Å². The number of piperidine rings is 2. The Morgan fingerprint density at radius 1 is 1.13 bits per heavy atom. The molecule has 6 heteroatoms. The molecule has 0 aliphatic carbocycles. The number of carboxylic acids is 1. The maximum Gasteiger partial charge on any atom is 0.306 e. The SMILES string of the molecule is Cc1cnc(CN2CCC(N3CCC(C(=O)O)CC3)CC2)cn1. The first-order valence-electron chi connectivity index (χ1n) is 8.58. The summed E-state index contributed by atoms with van der Waals surface area (Å²) in [7, 11) is 0. The summed E-state index contributed by atoms with van der Waals surface area (Å²) in [5.74, 6) is -0.759. The smallest absolute Gasteiger partial charge is 0.306 e. The first-order valence-corrected chi connectivity index (χ1v) is 8.58. The van der Waals surface area contributed by atoms with Crippen LogP contribution in [0.4, 0.5) is 0 Å². The molecule has 0 bridgehead atoms. The number of aromatic nitrogens is 2. The standard InChI is InChI=1S/C17H26N4O2/c1-13-10-19-15(11-18-13)12-20-6-4-16(5-7-20)21-8-2-14(3-9-21)17(22)23/h10-11,14,16H,2-9,12H2,1H3,(H,22,23). The van der Waals surface area contributed by atoms with Gasteiger partial charge in [-0.05, 0) is 45.7 Å². The van der Waals surface area contributed by atoms with Crippen molar-refractivity contribution in [2.24, 2.45) is 5.92 Å². The molecule has 126 valence electrons. The van der Waals surface area contributed by atoms with E-state index in [0.29, 0.717) is 6.04 Å². The van der Waals surface area contributed by atoms with E-state index in [-0.39, 0.29) is 5.92 Å². The third-order valence-corrected chi connectivity index (χ3v) is 5.17. The van der Waals surface area contributed by atoms with E-state index in [2.05, 4.69) is 19.8 Å². The Kier molecular flexibility index (Phi) is 5.23. The van der Waals surface area contributed by atoms with Crippen molar-refractivity contribution in [2.75, 3.05) is 26.2 Å². The molecule has 3 heterocycles. The molecule has 0 spiro atoms. The van der Waals surface area contributed by atoms with Gasteiger partial charge >= 0.3 is 5.97 Å². The van der Waals surface area contributed by atoms with Crippen LogP contribution in [-0.4, -0.2) is 63.1 Å². The lowest BCUT2D eigenvalue weighted by atomic mass is 9.93. The Labute approximate surface area is 137 Å². The molecule has 2 aliphatic heterocycles. The molecule has 2 fully saturated rings. The molecule has 0 aromatic carbocycles. The number of hydrogen-bond donors (Lipinski definition) is 1. The number of aliphatic carboxylic acids is 1. The lowest BCUT2D eigenvalue weighted by Gasteiger charge is -2.41. The number of aryl methyl sites for hydroxylation is 1. The van der Waals surface area contributed by atoms with Crippen molar-refractivity contribution in [3.8, 4) is 0 Å². The number of hydrogen-bond acceptors (Lipinski definition) is 5. The van der Waals surface area contributed by atoms with Gasteiger partial charge in [0.1, 0.15) is 0 Å². The van der Waals surface area contributed by atoms with Crippen LogP contribution in [0.3, 0.4) is 0 Å². The largest absolute Gasteiger partial charge is 0.481 e. The van der Waals surface area contributed by atoms with Crippen LogP contribution in [0, 0.1) is 12.8 Å². The Morgan fingerprint density at radius 3 is 2.39 bits per heavy atom. The van der Waals surface area contributed by atoms with Crippen molar-refractivity contribution < 1.29 is 9.90 Å². The van der Waals surface area contributed by atoms with Crippen molar-refractivity contribution in [1.29, 1.82) is 0 Å². The topological polar surface area (TPSA) is 69.6 Å². The minimum atomic E-state index is -0.626. The fourth-order valence-electron chi connectivity index (χ4n) is 3.68. The summed E-state index contributed by atoms with van der Waals surface area (Å²) in [4.78, 5) is 24.7. The molecule has 1 aromatic rings. The summed E-state index contributed by atoms with van der Waals surface area (Å²) in [5.41, 5.74) is 1.99. The highest BCUT2D eigenvalue weighted by atomic mass is 16.4. The van der Waals surface area contributed by atoms with Gasteiger partial charge in [0.25, 0.3) is 0 Å². The van der Waals surface area contributed by atoms with Gasteiger partial charge in [-0.2, -0.15) is 0 Å². The lowest BCUT2D eigenvalue weighted by Crippen LogP contribution is -2.48. The molecular weight excluding hydrogens is 292 g/mol. The highest BCUT2D eigenvalue weighted by Crippen LogP contribution is 2.24. The Bertz CT molecular complexity index is 518. The second-order valence-electron chi connectivity index (χ2n) is 6.80. The molecule has 0 atom stereocenters. The van der Waals surface area contributed by atoms with E-state index in [9.17, 15) is 4.79 Å². The lowest BCUT2D eigenvalue weighted by molar-refractivity contribution is -0.143. The molecular formula is C17H26N4O2. The second kappa shape index (κ2) is 7.36. The average Bonchev–Trinajstić information content (AvgIpc) is 2.58. The zero-order valence-electron chi connectivity index (χ0n) is 13.8. The van der Waals surface area contributed by atoms with Gasteiger partial charge in [0, 0.05) is 38.1 Å². The molecule has 0 amide bonds. The maximum absolute atomic E-state index is 11.0. The van der Waals surface area contributed by atoms with Gasteiger partial charge in [0.15, 0.2) is 0 Å². The molecule has 3 rings (SSSR count). The van der Waals surface area contributed by atoms with Gasteiger partial charge in [-0.15, -0.1) is 0 Å². The number of likely N-dealkylation sites (tertiary alicyclic amines) is 2. The van der Waals surface area contributed by atoms with Gasteiger partial charge < -0.3 is 10.0 Å². The van der Waals surface area contributed by atoms with Gasteiger partial charge in [0.2, 0.25) is 0 Å². The Morgan fingerprint density at radius 2 is 1.83 bits per heavy atom. The fraction of sp³-hybridized carbons (Fsp3) is 0.706. The van der Waals surface area contributed by atoms with Gasteiger partial charge in [-0.25, -0.2) is 0 Å². The Hall–Kier alpha value is -1.53. The van der Waals surface area contributed by atoms with Crippen molar-refractivity contribution in [3.05, 3.63) is 23.8 Å².